The molecule has 1 heterocycles. The maximum absolute atomic E-state index is 9.95. The number of aromatic nitrogens is 3. The van der Waals surface area contributed by atoms with Gasteiger partial charge in [0.15, 0.2) is 0 Å². The van der Waals surface area contributed by atoms with Gasteiger partial charge in [0.25, 0.3) is 0 Å². The lowest BCUT2D eigenvalue weighted by atomic mass is 10.6. The van der Waals surface area contributed by atoms with Crippen molar-refractivity contribution in [1.29, 1.82) is 0 Å². The van der Waals surface area contributed by atoms with Crippen molar-refractivity contribution in [3.05, 3.63) is 18.7 Å². The van der Waals surface area contributed by atoms with Crippen molar-refractivity contribution in [2.24, 2.45) is 0 Å². The monoisotopic (exact) mass is 139 g/mol. The highest BCUT2D eigenvalue weighted by molar-refractivity contribution is 5.82. The van der Waals surface area contributed by atoms with Crippen LogP contribution in [0.2, 0.25) is 0 Å². The second-order valence-electron chi connectivity index (χ2n) is 1.53. The van der Waals surface area contributed by atoms with Crippen molar-refractivity contribution < 1.29 is 9.90 Å². The van der Waals surface area contributed by atoms with E-state index in [1.54, 1.807) is 0 Å². The molecular formula is C5H5N3O2. The zero-order valence-electron chi connectivity index (χ0n) is 5.01. The molecule has 0 aliphatic carbocycles. The van der Waals surface area contributed by atoms with E-state index in [-0.39, 0.29) is 0 Å². The number of carbonyl (C=O) groups is 1. The van der Waals surface area contributed by atoms with Crippen LogP contribution in [-0.2, 0) is 4.79 Å². The minimum atomic E-state index is -1.00. The molecule has 52 valence electrons. The molecule has 0 aliphatic heterocycles. The zero-order chi connectivity index (χ0) is 7.40. The number of carboxylic acid groups (broad SMARTS) is 1. The SMILES string of the molecule is O=C(O)C=Cn1cncn1. The lowest BCUT2D eigenvalue weighted by molar-refractivity contribution is -0.131. The molecule has 0 saturated carbocycles. The van der Waals surface area contributed by atoms with Crippen LogP contribution >= 0.6 is 0 Å². The fraction of sp³-hybridized carbons (Fsp3) is 0. The van der Waals surface area contributed by atoms with E-state index in [1.165, 1.54) is 23.5 Å². The van der Waals surface area contributed by atoms with E-state index in [1.807, 2.05) is 0 Å². The number of hydrogen-bond donors (Lipinski definition) is 1. The summed E-state index contributed by atoms with van der Waals surface area (Å²) in [6.07, 6.45) is 5.01. The molecule has 1 aromatic rings. The van der Waals surface area contributed by atoms with Crippen molar-refractivity contribution in [2.45, 2.75) is 0 Å². The topological polar surface area (TPSA) is 68.0 Å². The molecule has 0 saturated heterocycles. The van der Waals surface area contributed by atoms with Gasteiger partial charge >= 0.3 is 5.97 Å². The Balaban J connectivity index is 2.64. The Morgan fingerprint density at radius 3 is 3.00 bits per heavy atom. The zero-order valence-corrected chi connectivity index (χ0v) is 5.01. The quantitative estimate of drug-likeness (QED) is 0.578. The first-order valence-electron chi connectivity index (χ1n) is 2.54. The minimum Gasteiger partial charge on any atom is -0.478 e. The van der Waals surface area contributed by atoms with Crippen LogP contribution in [0.4, 0.5) is 0 Å². The number of nitrogens with zero attached hydrogens (tertiary/aromatic N) is 3. The van der Waals surface area contributed by atoms with Gasteiger partial charge in [-0.2, -0.15) is 5.10 Å². The smallest absolute Gasteiger partial charge is 0.329 e. The standard InChI is InChI=1S/C5H5N3O2/c9-5(10)1-2-8-4-6-3-7-8/h1-4H,(H,9,10). The average Bonchev–Trinajstić information content (AvgIpc) is 2.34. The maximum atomic E-state index is 9.95. The lowest BCUT2D eigenvalue weighted by Gasteiger charge is -1.83. The molecule has 1 rings (SSSR count). The Bertz CT molecular complexity index is 239. The summed E-state index contributed by atoms with van der Waals surface area (Å²) in [5.74, 6) is -1.00. The van der Waals surface area contributed by atoms with Crippen LogP contribution in [0.25, 0.3) is 6.20 Å². The van der Waals surface area contributed by atoms with E-state index in [0.717, 1.165) is 6.08 Å². The van der Waals surface area contributed by atoms with Crippen LogP contribution in [0, 0.1) is 0 Å². The Labute approximate surface area is 56.6 Å². The molecule has 0 fully saturated rings. The Morgan fingerprint density at radius 1 is 1.70 bits per heavy atom. The summed E-state index contributed by atoms with van der Waals surface area (Å²) >= 11 is 0. The molecule has 0 amide bonds. The molecule has 1 aromatic heterocycles. The Hall–Kier alpha value is -1.65. The van der Waals surface area contributed by atoms with Crippen LogP contribution in [0.15, 0.2) is 18.7 Å². The predicted octanol–water partition coefficient (Wildman–Crippen LogP) is -0.167. The normalized spacial score (nSPS) is 10.4. The summed E-state index contributed by atoms with van der Waals surface area (Å²) in [5.41, 5.74) is 0. The van der Waals surface area contributed by atoms with Crippen molar-refractivity contribution in [3.63, 3.8) is 0 Å². The van der Waals surface area contributed by atoms with E-state index in [9.17, 15) is 4.79 Å². The summed E-state index contributed by atoms with van der Waals surface area (Å²) in [4.78, 5) is 13.6. The first-order valence-corrected chi connectivity index (χ1v) is 2.54. The van der Waals surface area contributed by atoms with E-state index in [4.69, 9.17) is 5.11 Å². The third-order valence-electron chi connectivity index (χ3n) is 0.806. The van der Waals surface area contributed by atoms with E-state index in [2.05, 4.69) is 10.1 Å². The molecule has 0 unspecified atom stereocenters. The van der Waals surface area contributed by atoms with Gasteiger partial charge < -0.3 is 5.11 Å². The second-order valence-corrected chi connectivity index (χ2v) is 1.53. The highest BCUT2D eigenvalue weighted by Gasteiger charge is 1.85. The molecule has 5 heteroatoms. The molecular weight excluding hydrogens is 134 g/mol. The molecule has 0 aliphatic rings. The average molecular weight is 139 g/mol. The summed E-state index contributed by atoms with van der Waals surface area (Å²) < 4.78 is 1.30. The van der Waals surface area contributed by atoms with Crippen LogP contribution in [0.3, 0.4) is 0 Å². The second kappa shape index (κ2) is 2.77. The molecule has 5 nitrogen and oxygen atoms in total. The highest BCUT2D eigenvalue weighted by atomic mass is 16.4. The van der Waals surface area contributed by atoms with Crippen LogP contribution in [0.1, 0.15) is 0 Å². The highest BCUT2D eigenvalue weighted by Crippen LogP contribution is 1.80. The van der Waals surface area contributed by atoms with E-state index >= 15 is 0 Å². The largest absolute Gasteiger partial charge is 0.478 e. The molecule has 0 aromatic carbocycles. The van der Waals surface area contributed by atoms with Gasteiger partial charge in [-0.3, -0.25) is 0 Å². The minimum absolute atomic E-state index is 0.981. The van der Waals surface area contributed by atoms with Gasteiger partial charge in [-0.05, 0) is 0 Å². The number of aliphatic carboxylic acids is 1. The molecule has 0 spiro atoms. The Morgan fingerprint density at radius 2 is 2.50 bits per heavy atom. The maximum Gasteiger partial charge on any atom is 0.329 e. The van der Waals surface area contributed by atoms with Crippen LogP contribution in [0.5, 0.6) is 0 Å². The molecule has 0 radical (unpaired) electrons. The van der Waals surface area contributed by atoms with Crippen molar-refractivity contribution in [1.82, 2.24) is 14.8 Å². The van der Waals surface area contributed by atoms with Gasteiger partial charge in [-0.15, -0.1) is 0 Å². The van der Waals surface area contributed by atoms with Crippen molar-refractivity contribution >= 4 is 12.2 Å². The van der Waals surface area contributed by atoms with Gasteiger partial charge in [0.05, 0.1) is 0 Å². The van der Waals surface area contributed by atoms with Crippen molar-refractivity contribution in [2.75, 3.05) is 0 Å². The summed E-state index contributed by atoms with van der Waals surface area (Å²) in [5, 5.41) is 11.8. The number of hydrogen-bond acceptors (Lipinski definition) is 3. The van der Waals surface area contributed by atoms with Crippen LogP contribution < -0.4 is 0 Å². The summed E-state index contributed by atoms with van der Waals surface area (Å²) in [6.45, 7) is 0. The summed E-state index contributed by atoms with van der Waals surface area (Å²) in [6, 6.07) is 0. The van der Waals surface area contributed by atoms with Crippen LogP contribution in [-0.4, -0.2) is 25.8 Å². The molecule has 0 atom stereocenters. The molecule has 0 bridgehead atoms. The van der Waals surface area contributed by atoms with Gasteiger partial charge in [0.2, 0.25) is 0 Å². The van der Waals surface area contributed by atoms with E-state index in [0.29, 0.717) is 0 Å². The molecule has 1 N–H and O–H groups in total. The van der Waals surface area contributed by atoms with Gasteiger partial charge in [0.1, 0.15) is 12.7 Å². The first-order chi connectivity index (χ1) is 4.79. The lowest BCUT2D eigenvalue weighted by Crippen LogP contribution is -1.90. The summed E-state index contributed by atoms with van der Waals surface area (Å²) in [7, 11) is 0. The Kier molecular flexibility index (Phi) is 1.79. The van der Waals surface area contributed by atoms with E-state index < -0.39 is 5.97 Å². The van der Waals surface area contributed by atoms with Crippen molar-refractivity contribution in [3.8, 4) is 0 Å². The van der Waals surface area contributed by atoms with Gasteiger partial charge in [-0.1, -0.05) is 0 Å². The van der Waals surface area contributed by atoms with Gasteiger partial charge in [0, 0.05) is 12.3 Å². The number of rotatable bonds is 2. The fourth-order valence-electron chi connectivity index (χ4n) is 0.434. The number of carboxylic acids is 1. The first kappa shape index (κ1) is 6.47. The fourth-order valence-corrected chi connectivity index (χ4v) is 0.434. The molecule has 10 heavy (non-hydrogen) atoms. The predicted molar refractivity (Wildman–Crippen MR) is 33.0 cm³/mol. The third kappa shape index (κ3) is 1.70. The van der Waals surface area contributed by atoms with Gasteiger partial charge in [-0.25, -0.2) is 14.5 Å². The third-order valence-corrected chi connectivity index (χ3v) is 0.806.